The van der Waals surface area contributed by atoms with E-state index in [4.69, 9.17) is 10.3 Å². The number of anilines is 1. The fourth-order valence-electron chi connectivity index (χ4n) is 2.67. The van der Waals surface area contributed by atoms with Gasteiger partial charge >= 0.3 is 0 Å². The van der Waals surface area contributed by atoms with E-state index in [0.29, 0.717) is 24.6 Å². The average molecular weight is 343 g/mol. The Kier molecular flexibility index (Phi) is 4.07. The van der Waals surface area contributed by atoms with Gasteiger partial charge in [0, 0.05) is 25.1 Å². The number of hydrogen-bond acceptors (Lipinski definition) is 5. The molecule has 2 heterocycles. The summed E-state index contributed by atoms with van der Waals surface area (Å²) in [6.07, 6.45) is 1.10. The summed E-state index contributed by atoms with van der Waals surface area (Å²) in [6.45, 7) is 0.525. The molecular weight excluding hydrogens is 328 g/mol. The molecule has 0 unspecified atom stereocenters. The van der Waals surface area contributed by atoms with Crippen LogP contribution in [0.15, 0.2) is 33.7 Å². The van der Waals surface area contributed by atoms with Gasteiger partial charge in [-0.05, 0) is 31.0 Å². The molecule has 6 nitrogen and oxygen atoms in total. The third kappa shape index (κ3) is 3.06. The van der Waals surface area contributed by atoms with Crippen LogP contribution in [0.5, 0.6) is 0 Å². The number of halogens is 2. The average Bonchev–Trinajstić information content (AvgIpc) is 2.96. The molecular formula is C14H15F2N3O3S. The maximum absolute atomic E-state index is 13.3. The van der Waals surface area contributed by atoms with Gasteiger partial charge in [-0.2, -0.15) is 4.31 Å². The van der Waals surface area contributed by atoms with E-state index in [1.54, 1.807) is 6.07 Å². The van der Waals surface area contributed by atoms with Crippen LogP contribution < -0.4 is 5.73 Å². The fourth-order valence-corrected chi connectivity index (χ4v) is 4.16. The van der Waals surface area contributed by atoms with Crippen LogP contribution in [-0.2, 0) is 10.0 Å². The third-order valence-corrected chi connectivity index (χ3v) is 5.84. The van der Waals surface area contributed by atoms with E-state index in [1.165, 1.54) is 4.31 Å². The monoisotopic (exact) mass is 343 g/mol. The minimum absolute atomic E-state index is 0.0625. The lowest BCUT2D eigenvalue weighted by Gasteiger charge is -2.30. The zero-order valence-corrected chi connectivity index (χ0v) is 12.9. The Hall–Kier alpha value is -2.00. The third-order valence-electron chi connectivity index (χ3n) is 3.95. The summed E-state index contributed by atoms with van der Waals surface area (Å²) >= 11 is 0. The van der Waals surface area contributed by atoms with Gasteiger partial charge in [-0.3, -0.25) is 0 Å². The van der Waals surface area contributed by atoms with Crippen molar-refractivity contribution in [1.29, 1.82) is 0 Å². The summed E-state index contributed by atoms with van der Waals surface area (Å²) in [7, 11) is -3.84. The minimum Gasteiger partial charge on any atom is -0.368 e. The predicted octanol–water partition coefficient (Wildman–Crippen LogP) is 2.10. The number of rotatable bonds is 3. The molecule has 1 aromatic heterocycles. The molecule has 1 aliphatic heterocycles. The van der Waals surface area contributed by atoms with Crippen molar-refractivity contribution in [2.75, 3.05) is 18.8 Å². The molecule has 0 spiro atoms. The molecule has 1 aromatic carbocycles. The van der Waals surface area contributed by atoms with Gasteiger partial charge in [-0.15, -0.1) is 0 Å². The Morgan fingerprint density at radius 3 is 2.43 bits per heavy atom. The molecule has 2 N–H and O–H groups in total. The minimum atomic E-state index is -3.84. The van der Waals surface area contributed by atoms with Crippen LogP contribution in [-0.4, -0.2) is 31.0 Å². The van der Waals surface area contributed by atoms with Crippen molar-refractivity contribution in [3.05, 3.63) is 41.6 Å². The number of aromatic nitrogens is 1. The van der Waals surface area contributed by atoms with Crippen LogP contribution >= 0.6 is 0 Å². The Morgan fingerprint density at radius 2 is 1.87 bits per heavy atom. The molecule has 0 bridgehead atoms. The van der Waals surface area contributed by atoms with Crippen molar-refractivity contribution in [3.8, 4) is 0 Å². The van der Waals surface area contributed by atoms with Crippen molar-refractivity contribution < 1.29 is 21.7 Å². The topological polar surface area (TPSA) is 89.4 Å². The maximum atomic E-state index is 13.3. The highest BCUT2D eigenvalue weighted by Gasteiger charge is 2.31. The standard InChI is InChI=1S/C14H15F2N3O3S/c15-11-2-1-10(7-12(11)16)23(20,21)19-5-3-9(4-6-19)13-8-14(17)22-18-13/h1-2,7-9H,3-6,17H2. The molecule has 1 saturated heterocycles. The van der Waals surface area contributed by atoms with E-state index < -0.39 is 21.7 Å². The van der Waals surface area contributed by atoms with Crippen LogP contribution in [0.25, 0.3) is 0 Å². The Labute approximate surface area is 131 Å². The first-order valence-corrected chi connectivity index (χ1v) is 8.49. The number of hydrogen-bond donors (Lipinski definition) is 1. The number of nitrogens with zero attached hydrogens (tertiary/aromatic N) is 2. The van der Waals surface area contributed by atoms with Crippen molar-refractivity contribution >= 4 is 15.9 Å². The maximum Gasteiger partial charge on any atom is 0.243 e. The molecule has 124 valence electrons. The van der Waals surface area contributed by atoms with Gasteiger partial charge in [0.05, 0.1) is 10.6 Å². The number of piperidine rings is 1. The summed E-state index contributed by atoms with van der Waals surface area (Å²) in [5.41, 5.74) is 6.18. The van der Waals surface area contributed by atoms with E-state index in [-0.39, 0.29) is 29.8 Å². The van der Waals surface area contributed by atoms with E-state index in [2.05, 4.69) is 5.16 Å². The summed E-state index contributed by atoms with van der Waals surface area (Å²) in [5, 5.41) is 3.85. The zero-order chi connectivity index (χ0) is 16.6. The second-order valence-corrected chi connectivity index (χ2v) is 7.35. The van der Waals surface area contributed by atoms with E-state index in [0.717, 1.165) is 12.1 Å². The van der Waals surface area contributed by atoms with Crippen molar-refractivity contribution in [2.45, 2.75) is 23.7 Å². The lowest BCUT2D eigenvalue weighted by molar-refractivity contribution is 0.309. The van der Waals surface area contributed by atoms with Gasteiger partial charge in [-0.1, -0.05) is 5.16 Å². The Balaban J connectivity index is 1.74. The Morgan fingerprint density at radius 1 is 1.17 bits per heavy atom. The van der Waals surface area contributed by atoms with Gasteiger partial charge in [0.2, 0.25) is 15.9 Å². The number of benzene rings is 1. The van der Waals surface area contributed by atoms with E-state index in [9.17, 15) is 17.2 Å². The summed E-state index contributed by atoms with van der Waals surface area (Å²) < 4.78 is 57.3. The van der Waals surface area contributed by atoms with Crippen LogP contribution in [0, 0.1) is 11.6 Å². The molecule has 0 amide bonds. The van der Waals surface area contributed by atoms with Crippen LogP contribution in [0.3, 0.4) is 0 Å². The molecule has 2 aromatic rings. The molecule has 9 heteroatoms. The summed E-state index contributed by atoms with van der Waals surface area (Å²) in [6, 6.07) is 4.21. The number of nitrogen functional groups attached to an aromatic ring is 1. The second-order valence-electron chi connectivity index (χ2n) is 5.41. The molecule has 23 heavy (non-hydrogen) atoms. The fraction of sp³-hybridized carbons (Fsp3) is 0.357. The van der Waals surface area contributed by atoms with Gasteiger partial charge in [0.1, 0.15) is 0 Å². The normalized spacial score (nSPS) is 17.5. The summed E-state index contributed by atoms with van der Waals surface area (Å²) in [4.78, 5) is -0.250. The van der Waals surface area contributed by atoms with Crippen LogP contribution in [0.1, 0.15) is 24.5 Å². The second kappa shape index (κ2) is 5.89. The van der Waals surface area contributed by atoms with Crippen molar-refractivity contribution in [1.82, 2.24) is 9.46 Å². The van der Waals surface area contributed by atoms with Crippen molar-refractivity contribution in [3.63, 3.8) is 0 Å². The molecule has 1 fully saturated rings. The highest BCUT2D eigenvalue weighted by molar-refractivity contribution is 7.89. The molecule has 0 saturated carbocycles. The zero-order valence-electron chi connectivity index (χ0n) is 12.1. The van der Waals surface area contributed by atoms with Crippen molar-refractivity contribution in [2.24, 2.45) is 0 Å². The molecule has 0 atom stereocenters. The largest absolute Gasteiger partial charge is 0.368 e. The molecule has 3 rings (SSSR count). The smallest absolute Gasteiger partial charge is 0.243 e. The number of nitrogens with two attached hydrogens (primary N) is 1. The Bertz CT molecular complexity index is 814. The van der Waals surface area contributed by atoms with Gasteiger partial charge < -0.3 is 10.3 Å². The lowest BCUT2D eigenvalue weighted by atomic mass is 9.95. The first-order valence-electron chi connectivity index (χ1n) is 7.05. The quantitative estimate of drug-likeness (QED) is 0.922. The highest BCUT2D eigenvalue weighted by atomic mass is 32.2. The lowest BCUT2D eigenvalue weighted by Crippen LogP contribution is -2.38. The van der Waals surface area contributed by atoms with Crippen LogP contribution in [0.2, 0.25) is 0 Å². The first-order chi connectivity index (χ1) is 10.9. The van der Waals surface area contributed by atoms with Crippen LogP contribution in [0.4, 0.5) is 14.7 Å². The van der Waals surface area contributed by atoms with E-state index in [1.807, 2.05) is 0 Å². The predicted molar refractivity (Wildman–Crippen MR) is 78.0 cm³/mol. The summed E-state index contributed by atoms with van der Waals surface area (Å²) in [5.74, 6) is -1.98. The van der Waals surface area contributed by atoms with Gasteiger partial charge in [0.15, 0.2) is 11.6 Å². The highest BCUT2D eigenvalue weighted by Crippen LogP contribution is 2.31. The molecule has 0 aliphatic carbocycles. The SMILES string of the molecule is Nc1cc(C2CCN(S(=O)(=O)c3ccc(F)c(F)c3)CC2)no1. The molecule has 0 radical (unpaired) electrons. The van der Waals surface area contributed by atoms with E-state index >= 15 is 0 Å². The van der Waals surface area contributed by atoms with Gasteiger partial charge in [-0.25, -0.2) is 17.2 Å². The van der Waals surface area contributed by atoms with Gasteiger partial charge in [0.25, 0.3) is 0 Å². The first kappa shape index (κ1) is 15.9. The molecule has 1 aliphatic rings. The number of sulfonamides is 1.